The number of rotatable bonds is 7. The van der Waals surface area contributed by atoms with Gasteiger partial charge in [0.15, 0.2) is 0 Å². The van der Waals surface area contributed by atoms with E-state index in [4.69, 9.17) is 19.5 Å². The van der Waals surface area contributed by atoms with Crippen LogP contribution in [0.5, 0.6) is 5.75 Å². The average Bonchev–Trinajstić information content (AvgIpc) is 3.31. The normalized spacial score (nSPS) is 20.8. The van der Waals surface area contributed by atoms with Gasteiger partial charge in [0, 0.05) is 13.0 Å². The molecule has 2 aliphatic carbocycles. The summed E-state index contributed by atoms with van der Waals surface area (Å²) in [6.07, 6.45) is 6.04. The zero-order valence-corrected chi connectivity index (χ0v) is 19.4. The smallest absolute Gasteiger partial charge is 0.312 e. The molecule has 3 aromatic heterocycles. The summed E-state index contributed by atoms with van der Waals surface area (Å²) in [6.45, 7) is 2.16. The Kier molecular flexibility index (Phi) is 5.93. The third-order valence-electron chi connectivity index (χ3n) is 6.90. The van der Waals surface area contributed by atoms with Gasteiger partial charge in [-0.15, -0.1) is 10.2 Å². The van der Waals surface area contributed by atoms with Crippen molar-refractivity contribution in [1.29, 1.82) is 5.41 Å². The van der Waals surface area contributed by atoms with Gasteiger partial charge in [0.05, 0.1) is 35.6 Å². The maximum absolute atomic E-state index is 11.4. The molecular weight excluding hydrogens is 438 g/mol. The summed E-state index contributed by atoms with van der Waals surface area (Å²) in [5, 5.41) is 30.5. The Hall–Kier alpha value is -3.50. The first-order valence-electron chi connectivity index (χ1n) is 11.8. The van der Waals surface area contributed by atoms with Gasteiger partial charge in [0.25, 0.3) is 0 Å². The maximum Gasteiger partial charge on any atom is 0.312 e. The van der Waals surface area contributed by atoms with Crippen molar-refractivity contribution in [3.05, 3.63) is 35.1 Å². The van der Waals surface area contributed by atoms with Gasteiger partial charge in [0.2, 0.25) is 5.89 Å². The van der Waals surface area contributed by atoms with E-state index in [9.17, 15) is 9.90 Å². The van der Waals surface area contributed by atoms with Crippen LogP contribution in [0.1, 0.15) is 68.1 Å². The van der Waals surface area contributed by atoms with Gasteiger partial charge < -0.3 is 14.3 Å². The van der Waals surface area contributed by atoms with Crippen molar-refractivity contribution < 1.29 is 19.1 Å². The van der Waals surface area contributed by atoms with E-state index in [0.717, 1.165) is 31.4 Å². The Morgan fingerprint density at radius 2 is 2.06 bits per heavy atom. The van der Waals surface area contributed by atoms with Crippen molar-refractivity contribution in [2.45, 2.75) is 70.4 Å². The third kappa shape index (κ3) is 4.34. The number of aromatic nitrogens is 6. The molecule has 0 aromatic carbocycles. The van der Waals surface area contributed by atoms with Gasteiger partial charge in [-0.05, 0) is 57.6 Å². The molecule has 5 rings (SSSR count). The van der Waals surface area contributed by atoms with Crippen LogP contribution in [0, 0.1) is 18.3 Å². The molecule has 3 heterocycles. The molecule has 0 unspecified atom stereocenters. The largest absolute Gasteiger partial charge is 0.489 e. The summed E-state index contributed by atoms with van der Waals surface area (Å²) in [6, 6.07) is 3.69. The van der Waals surface area contributed by atoms with E-state index in [0.29, 0.717) is 54.0 Å². The number of aliphatic carboxylic acids is 1. The molecule has 34 heavy (non-hydrogen) atoms. The van der Waals surface area contributed by atoms with Gasteiger partial charge in [-0.2, -0.15) is 0 Å². The zero-order chi connectivity index (χ0) is 23.8. The van der Waals surface area contributed by atoms with Crippen LogP contribution in [0.2, 0.25) is 0 Å². The molecule has 2 aliphatic rings. The minimum atomic E-state index is -0.755. The van der Waals surface area contributed by atoms with Crippen LogP contribution < -0.4 is 10.4 Å². The number of carboxylic acids is 1. The topological polar surface area (TPSA) is 145 Å². The summed E-state index contributed by atoms with van der Waals surface area (Å²) >= 11 is 0. The molecule has 2 fully saturated rings. The van der Waals surface area contributed by atoms with Gasteiger partial charge in [0.1, 0.15) is 11.4 Å². The lowest BCUT2D eigenvalue weighted by Gasteiger charge is -2.27. The van der Waals surface area contributed by atoms with Crippen molar-refractivity contribution in [3.8, 4) is 17.1 Å². The quantitative estimate of drug-likeness (QED) is 0.539. The average molecular weight is 468 g/mol. The highest BCUT2D eigenvalue weighted by molar-refractivity contribution is 5.70. The fraction of sp³-hybridized carbons (Fsp3) is 0.565. The molecule has 11 nitrogen and oxygen atoms in total. The highest BCUT2D eigenvalue weighted by atomic mass is 16.5. The lowest BCUT2D eigenvalue weighted by atomic mass is 9.85. The Morgan fingerprint density at radius 1 is 1.26 bits per heavy atom. The van der Waals surface area contributed by atoms with Crippen LogP contribution in [0.3, 0.4) is 0 Å². The second-order valence-electron chi connectivity index (χ2n) is 9.26. The first-order chi connectivity index (χ1) is 16.4. The first kappa shape index (κ1) is 22.3. The van der Waals surface area contributed by atoms with E-state index in [1.165, 1.54) is 11.1 Å². The summed E-state index contributed by atoms with van der Waals surface area (Å²) in [4.78, 5) is 16.1. The fourth-order valence-corrected chi connectivity index (χ4v) is 4.62. The molecule has 0 radical (unpaired) electrons. The van der Waals surface area contributed by atoms with Crippen LogP contribution in [0.15, 0.2) is 16.5 Å². The van der Waals surface area contributed by atoms with Gasteiger partial charge in [-0.1, -0.05) is 11.6 Å². The second kappa shape index (κ2) is 9.03. The van der Waals surface area contributed by atoms with Crippen LogP contribution in [0.4, 0.5) is 0 Å². The number of nitrogens with one attached hydrogen (secondary N) is 1. The molecule has 3 aromatic rings. The van der Waals surface area contributed by atoms with Crippen molar-refractivity contribution >= 4 is 5.97 Å². The predicted molar refractivity (Wildman–Crippen MR) is 119 cm³/mol. The number of carbonyl (C=O) groups is 1. The number of ether oxygens (including phenoxy) is 1. The standard InChI is InChI=1S/C23H29N7O4/c1-13-19(33-16-8-4-7-15(11-16)22(31)32)10-9-17(25-13)20-18(29(2)28-26-20)12-30-23(24)34-21(27-30)14-5-3-6-14/h9-10,14-16,24H,3-8,11-12H2,1-2H3,(H,31,32)/t15-,16-/m0/s1. The molecule has 0 spiro atoms. The van der Waals surface area contributed by atoms with Crippen molar-refractivity contribution in [2.75, 3.05) is 0 Å². The Morgan fingerprint density at radius 3 is 2.76 bits per heavy atom. The van der Waals surface area contributed by atoms with Crippen molar-refractivity contribution in [1.82, 2.24) is 29.8 Å². The molecule has 2 N–H and O–H groups in total. The van der Waals surface area contributed by atoms with E-state index in [1.54, 1.807) is 11.7 Å². The number of pyridine rings is 1. The lowest BCUT2D eigenvalue weighted by Crippen LogP contribution is -2.29. The summed E-state index contributed by atoms with van der Waals surface area (Å²) < 4.78 is 14.9. The van der Waals surface area contributed by atoms with Gasteiger partial charge in [-0.25, -0.2) is 19.8 Å². The number of carboxylic acid groups (broad SMARTS) is 1. The molecule has 2 atom stereocenters. The number of hydrogen-bond acceptors (Lipinski definition) is 8. The molecule has 2 saturated carbocycles. The van der Waals surface area contributed by atoms with Crippen molar-refractivity contribution in [2.24, 2.45) is 13.0 Å². The monoisotopic (exact) mass is 467 g/mol. The first-order valence-corrected chi connectivity index (χ1v) is 11.8. The summed E-state index contributed by atoms with van der Waals surface area (Å²) in [7, 11) is 1.80. The van der Waals surface area contributed by atoms with E-state index >= 15 is 0 Å². The highest BCUT2D eigenvalue weighted by Gasteiger charge is 2.29. The van der Waals surface area contributed by atoms with Crippen LogP contribution >= 0.6 is 0 Å². The molecule has 0 amide bonds. The number of hydrogen-bond donors (Lipinski definition) is 2. The van der Waals surface area contributed by atoms with Crippen LogP contribution in [-0.4, -0.2) is 46.9 Å². The summed E-state index contributed by atoms with van der Waals surface area (Å²) in [5.41, 5.74) is 2.74. The highest BCUT2D eigenvalue weighted by Crippen LogP contribution is 2.35. The van der Waals surface area contributed by atoms with Crippen LogP contribution in [-0.2, 0) is 18.4 Å². The lowest BCUT2D eigenvalue weighted by molar-refractivity contribution is -0.143. The minimum absolute atomic E-state index is 0.00841. The third-order valence-corrected chi connectivity index (χ3v) is 6.90. The molecule has 0 aliphatic heterocycles. The Balaban J connectivity index is 1.35. The summed E-state index contributed by atoms with van der Waals surface area (Å²) in [5.74, 6) is 0.468. The predicted octanol–water partition coefficient (Wildman–Crippen LogP) is 2.79. The van der Waals surface area contributed by atoms with Gasteiger partial charge >= 0.3 is 11.7 Å². The van der Waals surface area contributed by atoms with E-state index < -0.39 is 5.97 Å². The Bertz CT molecular complexity index is 1260. The number of aryl methyl sites for hydroxylation is 2. The maximum atomic E-state index is 11.4. The molecule has 180 valence electrons. The van der Waals surface area contributed by atoms with E-state index in [1.807, 2.05) is 19.1 Å². The fourth-order valence-electron chi connectivity index (χ4n) is 4.62. The zero-order valence-electron chi connectivity index (χ0n) is 19.4. The van der Waals surface area contributed by atoms with Crippen molar-refractivity contribution in [3.63, 3.8) is 0 Å². The Labute approximate surface area is 196 Å². The molecule has 11 heteroatoms. The molecular formula is C23H29N7O4. The SMILES string of the molecule is Cc1nc(-c2nnn(C)c2Cn2nc(C3CCC3)oc2=N)ccc1O[C@H]1CCC[C@H](C(=O)O)C1. The molecule has 0 bridgehead atoms. The second-order valence-corrected chi connectivity index (χ2v) is 9.26. The van der Waals surface area contributed by atoms with E-state index in [-0.39, 0.29) is 17.7 Å². The van der Waals surface area contributed by atoms with Crippen LogP contribution in [0.25, 0.3) is 11.4 Å². The minimum Gasteiger partial charge on any atom is -0.489 e. The molecule has 0 saturated heterocycles. The van der Waals surface area contributed by atoms with E-state index in [2.05, 4.69) is 15.4 Å². The number of nitrogens with zero attached hydrogens (tertiary/aromatic N) is 6. The van der Waals surface area contributed by atoms with Gasteiger partial charge in [-0.3, -0.25) is 4.79 Å².